The molecule has 0 aliphatic heterocycles. The van der Waals surface area contributed by atoms with E-state index >= 15 is 0 Å². The zero-order valence-electron chi connectivity index (χ0n) is 7.31. The lowest BCUT2D eigenvalue weighted by molar-refractivity contribution is 0.684. The minimum Gasteiger partial charge on any atom is -0.275 e. The van der Waals surface area contributed by atoms with Gasteiger partial charge in [-0.15, -0.1) is 0 Å². The fraction of sp³-hybridized carbons (Fsp3) is 0. The van der Waals surface area contributed by atoms with Crippen LogP contribution >= 0.6 is 32.3 Å². The highest BCUT2D eigenvalue weighted by Crippen LogP contribution is 2.28. The minimum atomic E-state index is -1.34. The van der Waals surface area contributed by atoms with Crippen molar-refractivity contribution in [1.29, 1.82) is 0 Å². The van der Waals surface area contributed by atoms with Crippen LogP contribution < -0.4 is 4.74 Å². The molecular formula is C9H5ClO2S3. The maximum absolute atomic E-state index is 12.0. The van der Waals surface area contributed by atoms with Gasteiger partial charge in [0.05, 0.1) is 10.8 Å². The molecule has 78 valence electrons. The first-order valence-corrected chi connectivity index (χ1v) is 7.63. The van der Waals surface area contributed by atoms with E-state index in [1.54, 1.807) is 24.3 Å². The van der Waals surface area contributed by atoms with Gasteiger partial charge in [0.15, 0.2) is 0 Å². The number of hydrogen-bond donors (Lipinski definition) is 0. The van der Waals surface area contributed by atoms with Crippen LogP contribution in [0.4, 0.5) is 0 Å². The molecule has 0 saturated heterocycles. The molecule has 1 atom stereocenters. The Balaban J connectivity index is 2.46. The van der Waals surface area contributed by atoms with Crippen molar-refractivity contribution in [3.63, 3.8) is 0 Å². The minimum absolute atomic E-state index is 0.0900. The van der Waals surface area contributed by atoms with E-state index in [-0.39, 0.29) is 9.77 Å². The van der Waals surface area contributed by atoms with Crippen molar-refractivity contribution in [2.24, 2.45) is 0 Å². The van der Waals surface area contributed by atoms with Crippen LogP contribution in [0.5, 0.6) is 0 Å². The number of hydrogen-bond acceptors (Lipinski definition) is 4. The Morgan fingerprint density at radius 2 is 1.80 bits per heavy atom. The summed E-state index contributed by atoms with van der Waals surface area (Å²) in [6.45, 7) is 0. The summed E-state index contributed by atoms with van der Waals surface area (Å²) in [5.74, 6) is 0. The van der Waals surface area contributed by atoms with Crippen LogP contribution in [0.15, 0.2) is 44.2 Å². The van der Waals surface area contributed by atoms with E-state index in [1.165, 1.54) is 10.3 Å². The molecule has 15 heavy (non-hydrogen) atoms. The van der Waals surface area contributed by atoms with Gasteiger partial charge >= 0.3 is 0 Å². The van der Waals surface area contributed by atoms with E-state index < -0.39 is 10.8 Å². The van der Waals surface area contributed by atoms with Crippen LogP contribution in [-0.4, -0.2) is 4.21 Å². The first-order chi connectivity index (χ1) is 7.20. The van der Waals surface area contributed by atoms with Crippen LogP contribution in [0.1, 0.15) is 0 Å². The molecule has 2 rings (SSSR count). The van der Waals surface area contributed by atoms with Gasteiger partial charge in [-0.25, -0.2) is 4.21 Å². The van der Waals surface area contributed by atoms with Gasteiger partial charge in [0.2, 0.25) is 0 Å². The van der Waals surface area contributed by atoms with Gasteiger partial charge in [-0.3, -0.25) is 4.79 Å². The van der Waals surface area contributed by atoms with Crippen LogP contribution in [0, 0.1) is 0 Å². The molecule has 0 fully saturated rings. The van der Waals surface area contributed by atoms with E-state index in [0.717, 1.165) is 10.3 Å². The lowest BCUT2D eigenvalue weighted by Crippen LogP contribution is -1.94. The predicted molar refractivity (Wildman–Crippen MR) is 64.6 cm³/mol. The summed E-state index contributed by atoms with van der Waals surface area (Å²) in [4.78, 5) is 11.8. The Morgan fingerprint density at radius 1 is 1.13 bits per heavy atom. The van der Waals surface area contributed by atoms with E-state index in [9.17, 15) is 9.00 Å². The smallest absolute Gasteiger partial charge is 0.262 e. The van der Waals surface area contributed by atoms with Crippen molar-refractivity contribution in [3.05, 3.63) is 44.9 Å². The third kappa shape index (κ3) is 2.20. The third-order valence-electron chi connectivity index (χ3n) is 1.68. The van der Waals surface area contributed by atoms with Crippen molar-refractivity contribution in [3.8, 4) is 0 Å². The molecule has 1 aromatic carbocycles. The Kier molecular flexibility index (Phi) is 3.35. The van der Waals surface area contributed by atoms with Crippen LogP contribution in [-0.2, 0) is 10.8 Å². The second-order valence-electron chi connectivity index (χ2n) is 2.64. The lowest BCUT2D eigenvalue weighted by Gasteiger charge is -1.97. The molecule has 0 spiro atoms. The summed E-state index contributed by atoms with van der Waals surface area (Å²) in [6.07, 6.45) is 0. The molecule has 0 amide bonds. The first-order valence-electron chi connectivity index (χ1n) is 3.95. The molecule has 0 N–H and O–H groups in total. The summed E-state index contributed by atoms with van der Waals surface area (Å²) >= 11 is 5.77. The number of halogens is 1. The Morgan fingerprint density at radius 3 is 2.33 bits per heavy atom. The van der Waals surface area contributed by atoms with Gasteiger partial charge in [0.1, 0.15) is 9.23 Å². The van der Waals surface area contributed by atoms with Crippen LogP contribution in [0.3, 0.4) is 0 Å². The quantitative estimate of drug-likeness (QED) is 0.790. The van der Waals surface area contributed by atoms with Crippen molar-refractivity contribution in [2.45, 2.75) is 9.10 Å². The molecule has 2 nitrogen and oxygen atoms in total. The van der Waals surface area contributed by atoms with Crippen molar-refractivity contribution in [1.82, 2.24) is 0 Å². The molecule has 1 unspecified atom stereocenters. The van der Waals surface area contributed by atoms with E-state index in [2.05, 4.69) is 0 Å². The molecular weight excluding hydrogens is 272 g/mol. The molecule has 1 aromatic heterocycles. The fourth-order valence-corrected chi connectivity index (χ4v) is 5.56. The van der Waals surface area contributed by atoms with Crippen molar-refractivity contribution >= 4 is 43.1 Å². The molecule has 0 aliphatic carbocycles. The summed E-state index contributed by atoms with van der Waals surface area (Å²) in [5.41, 5.74) is 0. The average molecular weight is 277 g/mol. The maximum atomic E-state index is 12.0. The Bertz CT molecular complexity index is 544. The maximum Gasteiger partial charge on any atom is 0.262 e. The zero-order valence-corrected chi connectivity index (χ0v) is 10.5. The predicted octanol–water partition coefficient (Wildman–Crippen LogP) is 2.99. The Labute approximate surface area is 101 Å². The highest BCUT2D eigenvalue weighted by Gasteiger charge is 2.16. The largest absolute Gasteiger partial charge is 0.275 e. The summed E-state index contributed by atoms with van der Waals surface area (Å²) in [5, 5.41) is 0.0900. The SMILES string of the molecule is O=c1ssc(S(=O)c2ccccc2)c1Cl. The molecule has 0 aliphatic rings. The van der Waals surface area contributed by atoms with Crippen LogP contribution in [0.25, 0.3) is 0 Å². The lowest BCUT2D eigenvalue weighted by atomic mass is 10.4. The van der Waals surface area contributed by atoms with Crippen LogP contribution in [0.2, 0.25) is 5.02 Å². The molecule has 1 heterocycles. The molecule has 6 heteroatoms. The molecule has 0 radical (unpaired) electrons. The Hall–Kier alpha value is -0.490. The number of benzene rings is 1. The fourth-order valence-electron chi connectivity index (χ4n) is 0.996. The molecule has 0 bridgehead atoms. The second kappa shape index (κ2) is 4.57. The van der Waals surface area contributed by atoms with Gasteiger partial charge in [-0.05, 0) is 22.5 Å². The van der Waals surface area contributed by atoms with E-state index in [1.807, 2.05) is 6.07 Å². The van der Waals surface area contributed by atoms with Gasteiger partial charge in [0.25, 0.3) is 4.74 Å². The standard InChI is InChI=1S/C9H5ClO2S3/c10-7-8(11)13-14-9(7)15(12)6-4-2-1-3-5-6/h1-5H. The van der Waals surface area contributed by atoms with E-state index in [0.29, 0.717) is 9.10 Å². The zero-order chi connectivity index (χ0) is 10.8. The van der Waals surface area contributed by atoms with Gasteiger partial charge in [0, 0.05) is 4.90 Å². The highest BCUT2D eigenvalue weighted by atomic mass is 35.5. The summed E-state index contributed by atoms with van der Waals surface area (Å²) in [6, 6.07) is 8.95. The third-order valence-corrected chi connectivity index (χ3v) is 6.63. The summed E-state index contributed by atoms with van der Waals surface area (Å²) < 4.78 is 12.2. The van der Waals surface area contributed by atoms with Gasteiger partial charge in [-0.1, -0.05) is 40.1 Å². The number of rotatable bonds is 2. The van der Waals surface area contributed by atoms with Gasteiger partial charge < -0.3 is 0 Å². The second-order valence-corrected chi connectivity index (χ2v) is 6.80. The molecule has 2 aromatic rings. The topological polar surface area (TPSA) is 34.1 Å². The average Bonchev–Trinajstić information content (AvgIpc) is 2.60. The summed E-state index contributed by atoms with van der Waals surface area (Å²) in [7, 11) is 0.851. The highest BCUT2D eigenvalue weighted by molar-refractivity contribution is 7.90. The normalized spacial score (nSPS) is 12.6. The van der Waals surface area contributed by atoms with Crippen molar-refractivity contribution in [2.75, 3.05) is 0 Å². The van der Waals surface area contributed by atoms with Crippen molar-refractivity contribution < 1.29 is 4.21 Å². The van der Waals surface area contributed by atoms with E-state index in [4.69, 9.17) is 11.6 Å². The van der Waals surface area contributed by atoms with Gasteiger partial charge in [-0.2, -0.15) is 0 Å². The monoisotopic (exact) mass is 276 g/mol. The molecule has 0 saturated carbocycles. The first kappa shape index (κ1) is 11.0.